The van der Waals surface area contributed by atoms with E-state index >= 15 is 0 Å². The van der Waals surface area contributed by atoms with E-state index in [2.05, 4.69) is 10.6 Å². The van der Waals surface area contributed by atoms with E-state index in [0.717, 1.165) is 0 Å². The summed E-state index contributed by atoms with van der Waals surface area (Å²) in [6, 6.07) is 9.95. The van der Waals surface area contributed by atoms with E-state index in [1.54, 1.807) is 43.3 Å². The normalized spacial score (nSPS) is 12.5. The largest absolute Gasteiger partial charge is 0.340 e. The Hall–Kier alpha value is -2.42. The molecule has 4 N–H and O–H groups in total. The van der Waals surface area contributed by atoms with Gasteiger partial charge < -0.3 is 10.6 Å². The number of hydrogen-bond acceptors (Lipinski definition) is 4. The van der Waals surface area contributed by atoms with Gasteiger partial charge in [0.1, 0.15) is 6.04 Å². The highest BCUT2D eigenvalue weighted by atomic mass is 35.5. The number of nitrogens with one attached hydrogen (secondary N) is 2. The van der Waals surface area contributed by atoms with Crippen LogP contribution in [0.3, 0.4) is 0 Å². The Morgan fingerprint density at radius 2 is 1.72 bits per heavy atom. The molecular weight excluding hydrogens is 414 g/mol. The minimum atomic E-state index is -3.92. The van der Waals surface area contributed by atoms with Crippen LogP contribution in [0.25, 0.3) is 0 Å². The number of amides is 2. The number of carbonyl (C=O) groups excluding carboxylic acids is 2. The first-order valence-corrected chi connectivity index (χ1v) is 10.9. The summed E-state index contributed by atoms with van der Waals surface area (Å²) in [5, 5.41) is 11.1. The van der Waals surface area contributed by atoms with E-state index in [-0.39, 0.29) is 16.5 Å². The zero-order chi connectivity index (χ0) is 21.8. The van der Waals surface area contributed by atoms with Crippen molar-refractivity contribution in [1.82, 2.24) is 5.32 Å². The van der Waals surface area contributed by atoms with Gasteiger partial charge in [-0.05, 0) is 61.2 Å². The first-order chi connectivity index (χ1) is 13.5. The van der Waals surface area contributed by atoms with Crippen LogP contribution in [0.1, 0.15) is 36.2 Å². The Bertz CT molecular complexity index is 1000. The van der Waals surface area contributed by atoms with Crippen LogP contribution in [0.4, 0.5) is 5.69 Å². The van der Waals surface area contributed by atoms with Gasteiger partial charge in [-0.15, -0.1) is 0 Å². The number of sulfonamides is 1. The molecule has 0 fully saturated rings. The highest BCUT2D eigenvalue weighted by Gasteiger charge is 2.23. The third-order valence-electron chi connectivity index (χ3n) is 4.20. The van der Waals surface area contributed by atoms with Gasteiger partial charge in [0, 0.05) is 16.3 Å². The van der Waals surface area contributed by atoms with E-state index in [1.165, 1.54) is 6.07 Å². The first-order valence-electron chi connectivity index (χ1n) is 8.98. The van der Waals surface area contributed by atoms with Crippen molar-refractivity contribution in [3.8, 4) is 0 Å². The third kappa shape index (κ3) is 6.56. The van der Waals surface area contributed by atoms with Crippen molar-refractivity contribution in [2.45, 2.75) is 38.1 Å². The zero-order valence-electron chi connectivity index (χ0n) is 16.4. The van der Waals surface area contributed by atoms with Gasteiger partial charge in [-0.3, -0.25) is 9.59 Å². The zero-order valence-corrected chi connectivity index (χ0v) is 18.0. The van der Waals surface area contributed by atoms with Crippen LogP contribution in [0.5, 0.6) is 0 Å². The number of aryl methyl sites for hydroxylation is 1. The van der Waals surface area contributed by atoms with Crippen molar-refractivity contribution >= 4 is 39.1 Å². The van der Waals surface area contributed by atoms with Gasteiger partial charge in [0.25, 0.3) is 5.91 Å². The number of rotatable bonds is 7. The molecular formula is C20H24ClN3O4S. The van der Waals surface area contributed by atoms with E-state index < -0.39 is 27.9 Å². The van der Waals surface area contributed by atoms with E-state index in [9.17, 15) is 18.0 Å². The average Bonchev–Trinajstić information content (AvgIpc) is 2.62. The SMILES string of the molecule is Cc1ccc(NC(=O)C(CC(C)C)NC(=O)c2ccc(Cl)cc2)cc1S(N)(=O)=O. The maximum atomic E-state index is 12.8. The summed E-state index contributed by atoms with van der Waals surface area (Å²) in [5.74, 6) is -0.726. The van der Waals surface area contributed by atoms with E-state index in [4.69, 9.17) is 16.7 Å². The molecule has 29 heavy (non-hydrogen) atoms. The van der Waals surface area contributed by atoms with E-state index in [1.807, 2.05) is 13.8 Å². The maximum Gasteiger partial charge on any atom is 0.251 e. The van der Waals surface area contributed by atoms with Crippen LogP contribution in [0.2, 0.25) is 5.02 Å². The Morgan fingerprint density at radius 1 is 1.10 bits per heavy atom. The molecule has 156 valence electrons. The van der Waals surface area contributed by atoms with Crippen molar-refractivity contribution < 1.29 is 18.0 Å². The van der Waals surface area contributed by atoms with Crippen LogP contribution in [0.15, 0.2) is 47.4 Å². The third-order valence-corrected chi connectivity index (χ3v) is 5.50. The summed E-state index contributed by atoms with van der Waals surface area (Å²) in [6.45, 7) is 5.47. The molecule has 2 amide bonds. The standard InChI is InChI=1S/C20H24ClN3O4S/c1-12(2)10-17(24-19(25)14-5-7-15(21)8-6-14)20(26)23-16-9-4-13(3)18(11-16)29(22,27)28/h4-9,11-12,17H,10H2,1-3H3,(H,23,26)(H,24,25)(H2,22,27,28). The van der Waals surface area contributed by atoms with Crippen molar-refractivity contribution in [1.29, 1.82) is 0 Å². The molecule has 0 heterocycles. The van der Waals surface area contributed by atoms with Gasteiger partial charge in [0.15, 0.2) is 0 Å². The van der Waals surface area contributed by atoms with E-state index in [0.29, 0.717) is 22.6 Å². The lowest BCUT2D eigenvalue weighted by atomic mass is 10.0. The lowest BCUT2D eigenvalue weighted by Crippen LogP contribution is -2.44. The molecule has 2 aromatic carbocycles. The van der Waals surface area contributed by atoms with Gasteiger partial charge in [-0.2, -0.15) is 0 Å². The molecule has 0 aliphatic heterocycles. The molecule has 0 saturated carbocycles. The Kier molecular flexibility index (Phi) is 7.40. The fourth-order valence-electron chi connectivity index (χ4n) is 2.76. The number of halogens is 1. The van der Waals surface area contributed by atoms with Gasteiger partial charge in [-0.25, -0.2) is 13.6 Å². The minimum absolute atomic E-state index is 0.0686. The van der Waals surface area contributed by atoms with Gasteiger partial charge >= 0.3 is 0 Å². The summed E-state index contributed by atoms with van der Waals surface area (Å²) in [5.41, 5.74) is 1.13. The second-order valence-electron chi connectivity index (χ2n) is 7.18. The fourth-order valence-corrected chi connectivity index (χ4v) is 3.69. The molecule has 0 aliphatic rings. The lowest BCUT2D eigenvalue weighted by molar-refractivity contribution is -0.118. The van der Waals surface area contributed by atoms with Crippen molar-refractivity contribution in [2.75, 3.05) is 5.32 Å². The van der Waals surface area contributed by atoms with Crippen LogP contribution < -0.4 is 15.8 Å². The Morgan fingerprint density at radius 3 is 2.28 bits per heavy atom. The number of nitrogens with two attached hydrogens (primary N) is 1. The highest BCUT2D eigenvalue weighted by Crippen LogP contribution is 2.20. The first kappa shape index (κ1) is 22.9. The summed E-state index contributed by atoms with van der Waals surface area (Å²) < 4.78 is 23.4. The van der Waals surface area contributed by atoms with Crippen LogP contribution >= 0.6 is 11.6 Å². The van der Waals surface area contributed by atoms with Crippen LogP contribution in [0, 0.1) is 12.8 Å². The molecule has 9 heteroatoms. The molecule has 0 spiro atoms. The molecule has 0 radical (unpaired) electrons. The molecule has 0 aliphatic carbocycles. The molecule has 1 atom stereocenters. The number of benzene rings is 2. The van der Waals surface area contributed by atoms with Crippen molar-refractivity contribution in [3.63, 3.8) is 0 Å². The highest BCUT2D eigenvalue weighted by molar-refractivity contribution is 7.89. The second kappa shape index (κ2) is 9.39. The smallest absolute Gasteiger partial charge is 0.251 e. The Labute approximate surface area is 175 Å². The number of anilines is 1. The minimum Gasteiger partial charge on any atom is -0.340 e. The molecule has 2 rings (SSSR count). The summed E-state index contributed by atoms with van der Waals surface area (Å²) >= 11 is 5.84. The predicted octanol–water partition coefficient (Wildman–Crippen LogP) is 3.08. The molecule has 1 unspecified atom stereocenters. The Balaban J connectivity index is 2.21. The number of hydrogen-bond donors (Lipinski definition) is 3. The van der Waals surface area contributed by atoms with Crippen LogP contribution in [-0.2, 0) is 14.8 Å². The van der Waals surface area contributed by atoms with Gasteiger partial charge in [-0.1, -0.05) is 31.5 Å². The summed E-state index contributed by atoms with van der Waals surface area (Å²) in [7, 11) is -3.92. The van der Waals surface area contributed by atoms with Gasteiger partial charge in [0.2, 0.25) is 15.9 Å². The molecule has 0 aromatic heterocycles. The molecule has 0 saturated heterocycles. The maximum absolute atomic E-state index is 12.8. The molecule has 2 aromatic rings. The quantitative estimate of drug-likeness (QED) is 0.616. The van der Waals surface area contributed by atoms with Crippen molar-refractivity contribution in [3.05, 3.63) is 58.6 Å². The average molecular weight is 438 g/mol. The lowest BCUT2D eigenvalue weighted by Gasteiger charge is -2.20. The topological polar surface area (TPSA) is 118 Å². The monoisotopic (exact) mass is 437 g/mol. The summed E-state index contributed by atoms with van der Waals surface area (Å²) in [4.78, 5) is 25.2. The van der Waals surface area contributed by atoms with Crippen molar-refractivity contribution in [2.24, 2.45) is 11.1 Å². The summed E-state index contributed by atoms with van der Waals surface area (Å²) in [6.07, 6.45) is 0.402. The predicted molar refractivity (Wildman–Crippen MR) is 113 cm³/mol. The molecule has 7 nitrogen and oxygen atoms in total. The van der Waals surface area contributed by atoms with Gasteiger partial charge in [0.05, 0.1) is 4.90 Å². The number of carbonyl (C=O) groups is 2. The fraction of sp³-hybridized carbons (Fsp3) is 0.300. The second-order valence-corrected chi connectivity index (χ2v) is 9.14. The van der Waals surface area contributed by atoms with Crippen LogP contribution in [-0.4, -0.2) is 26.3 Å². The molecule has 0 bridgehead atoms. The number of primary sulfonamides is 1.